The van der Waals surface area contributed by atoms with Crippen LogP contribution in [0.15, 0.2) is 47.7 Å². The van der Waals surface area contributed by atoms with Gasteiger partial charge in [0.05, 0.1) is 18.2 Å². The summed E-state index contributed by atoms with van der Waals surface area (Å²) in [4.78, 5) is 33.8. The number of fused-ring (bicyclic) bond motifs is 2. The van der Waals surface area contributed by atoms with E-state index in [1.807, 2.05) is 37.9 Å². The van der Waals surface area contributed by atoms with Crippen molar-refractivity contribution >= 4 is 17.7 Å². The van der Waals surface area contributed by atoms with Crippen LogP contribution in [0.25, 0.3) is 0 Å². The molecule has 1 aromatic rings. The second-order valence-electron chi connectivity index (χ2n) is 13.3. The van der Waals surface area contributed by atoms with Crippen molar-refractivity contribution in [2.24, 2.45) is 28.8 Å². The van der Waals surface area contributed by atoms with Gasteiger partial charge in [0.15, 0.2) is 0 Å². The average molecular weight is 668 g/mol. The number of likely N-dealkylation sites (N-methyl/N-ethyl adjacent to an activating group) is 1. The normalized spacial score (nSPS) is 28.0. The fourth-order valence-corrected chi connectivity index (χ4v) is 7.99. The number of oxime groups is 1. The number of amides is 2. The molecule has 2 saturated carbocycles. The van der Waals surface area contributed by atoms with Crippen molar-refractivity contribution in [3.05, 3.63) is 48.1 Å². The Hall–Kier alpha value is -3.41. The van der Waals surface area contributed by atoms with Gasteiger partial charge in [0.2, 0.25) is 11.7 Å². The Kier molecular flexibility index (Phi) is 12.2. The predicted octanol–water partition coefficient (Wildman–Crippen LogP) is 5.32. The fourth-order valence-electron chi connectivity index (χ4n) is 7.99. The Morgan fingerprint density at radius 3 is 2.56 bits per heavy atom. The molecule has 0 aromatic heterocycles. The van der Waals surface area contributed by atoms with Crippen molar-refractivity contribution in [2.75, 3.05) is 40.0 Å². The number of nitrogens with one attached hydrogen (secondary N) is 1. The van der Waals surface area contributed by atoms with Crippen molar-refractivity contribution in [3.8, 4) is 11.5 Å². The molecule has 48 heavy (non-hydrogen) atoms. The molecule has 0 radical (unpaired) electrons. The van der Waals surface area contributed by atoms with Gasteiger partial charge in [0.25, 0.3) is 0 Å². The smallest absolute Gasteiger partial charge is 0.412 e. The highest BCUT2D eigenvalue weighted by Gasteiger charge is 2.65. The average Bonchev–Trinajstić information content (AvgIpc) is 3.93. The molecule has 0 unspecified atom stereocenters. The molecule has 3 aliphatic carbocycles. The van der Waals surface area contributed by atoms with Crippen LogP contribution in [0, 0.1) is 23.7 Å². The molecule has 0 spiro atoms. The molecule has 1 heterocycles. The molecule has 3 N–H and O–H groups in total. The zero-order valence-corrected chi connectivity index (χ0v) is 28.7. The maximum Gasteiger partial charge on any atom is 0.412 e. The molecule has 2 amide bonds. The number of ether oxygens (including phenoxy) is 3. The summed E-state index contributed by atoms with van der Waals surface area (Å²) in [6, 6.07) is 4.96. The third-order valence-corrected chi connectivity index (χ3v) is 10.2. The summed E-state index contributed by atoms with van der Waals surface area (Å²) in [6.07, 6.45) is 10.3. The minimum atomic E-state index is -1.27. The van der Waals surface area contributed by atoms with Crippen molar-refractivity contribution in [2.45, 2.75) is 89.4 Å². The summed E-state index contributed by atoms with van der Waals surface area (Å²) in [5.74, 6) is -0.529. The van der Waals surface area contributed by atoms with Crippen LogP contribution in [0.3, 0.4) is 0 Å². The SMILES string of the molecule is C=CCO[C@@]12Oc3ccc(OC(=O)NCC)cc3[C@H]3[C@H](CCCCO)[C@@H](CCCCO)C=C(C(=NOCC)C[C@@H]1N(C)C(=O)C1CC1)[C@H]32. The monoisotopic (exact) mass is 667 g/mol. The van der Waals surface area contributed by atoms with Gasteiger partial charge in [-0.05, 0) is 88.0 Å². The molecule has 1 aromatic carbocycles. The van der Waals surface area contributed by atoms with E-state index in [1.165, 1.54) is 0 Å². The first kappa shape index (κ1) is 35.9. The molecule has 1 aliphatic heterocycles. The highest BCUT2D eigenvalue weighted by atomic mass is 16.7. The minimum Gasteiger partial charge on any atom is -0.459 e. The Bertz CT molecular complexity index is 1360. The first-order chi connectivity index (χ1) is 23.3. The highest BCUT2D eigenvalue weighted by molar-refractivity contribution is 6.03. The number of carbonyl (C=O) groups is 2. The fraction of sp³-hybridized carbons (Fsp3) is 0.649. The highest BCUT2D eigenvalue weighted by Crippen LogP contribution is 2.62. The summed E-state index contributed by atoms with van der Waals surface area (Å²) < 4.78 is 19.6. The van der Waals surface area contributed by atoms with Crippen LogP contribution >= 0.6 is 0 Å². The molecule has 264 valence electrons. The Labute approximate surface area is 284 Å². The summed E-state index contributed by atoms with van der Waals surface area (Å²) in [7, 11) is 1.84. The van der Waals surface area contributed by atoms with E-state index < -0.39 is 17.9 Å². The lowest BCUT2D eigenvalue weighted by Gasteiger charge is -2.59. The molecule has 4 aliphatic rings. The van der Waals surface area contributed by atoms with Gasteiger partial charge in [0, 0.05) is 50.6 Å². The van der Waals surface area contributed by atoms with Gasteiger partial charge in [-0.3, -0.25) is 4.79 Å². The standard InChI is InChI=1S/C37H53N3O8/c1-5-20-45-37-32(40(4)35(43)24-14-15-24)23-30(39-46-7-3)28-21-25(12-8-10-18-41)27(13-9-11-19-42)33(34(28)37)29-22-26(16-17-31(29)48-37)47-36(44)38-6-2/h5,16-17,21-22,24-25,27,32-34,41-42H,1,6-15,18-20,23H2,2-4H3,(H,38,44)/t25-,27+,32-,33+,34+,37+/m0/s1. The topological polar surface area (TPSA) is 139 Å². The summed E-state index contributed by atoms with van der Waals surface area (Å²) in [6.45, 7) is 8.95. The van der Waals surface area contributed by atoms with Gasteiger partial charge in [-0.1, -0.05) is 30.1 Å². The van der Waals surface area contributed by atoms with Crippen LogP contribution < -0.4 is 14.8 Å². The second kappa shape index (κ2) is 16.3. The Morgan fingerprint density at radius 2 is 1.90 bits per heavy atom. The number of carbonyl (C=O) groups excluding carboxylic acids is 2. The number of benzene rings is 1. The number of unbranched alkanes of at least 4 members (excludes halogenated alkanes) is 2. The number of hydrogen-bond donors (Lipinski definition) is 3. The third kappa shape index (κ3) is 7.43. The van der Waals surface area contributed by atoms with E-state index in [0.29, 0.717) is 43.9 Å². The van der Waals surface area contributed by atoms with Crippen molar-refractivity contribution < 1.29 is 38.9 Å². The van der Waals surface area contributed by atoms with Gasteiger partial charge in [-0.25, -0.2) is 4.79 Å². The van der Waals surface area contributed by atoms with Crippen LogP contribution in [0.1, 0.15) is 83.1 Å². The lowest BCUT2D eigenvalue weighted by Crippen LogP contribution is -2.69. The molecular weight excluding hydrogens is 614 g/mol. The Balaban J connectivity index is 1.73. The Morgan fingerprint density at radius 1 is 1.15 bits per heavy atom. The molecule has 2 fully saturated rings. The summed E-state index contributed by atoms with van der Waals surface area (Å²) >= 11 is 0. The van der Waals surface area contributed by atoms with Crippen molar-refractivity contribution in [1.82, 2.24) is 10.2 Å². The van der Waals surface area contributed by atoms with Gasteiger partial charge < -0.3 is 39.5 Å². The third-order valence-electron chi connectivity index (χ3n) is 10.2. The van der Waals surface area contributed by atoms with Gasteiger partial charge in [0.1, 0.15) is 24.1 Å². The zero-order valence-electron chi connectivity index (χ0n) is 28.7. The number of aliphatic hydroxyl groups is 2. The van der Waals surface area contributed by atoms with E-state index in [1.54, 1.807) is 12.1 Å². The lowest BCUT2D eigenvalue weighted by atomic mass is 9.55. The predicted molar refractivity (Wildman–Crippen MR) is 182 cm³/mol. The van der Waals surface area contributed by atoms with E-state index in [-0.39, 0.29) is 55.3 Å². The van der Waals surface area contributed by atoms with Crippen LogP contribution in [0.4, 0.5) is 4.79 Å². The van der Waals surface area contributed by atoms with Gasteiger partial charge in [-0.15, -0.1) is 6.58 Å². The number of allylic oxidation sites excluding steroid dienone is 1. The molecule has 11 nitrogen and oxygen atoms in total. The molecule has 5 rings (SSSR count). The lowest BCUT2D eigenvalue weighted by molar-refractivity contribution is -0.255. The second-order valence-corrected chi connectivity index (χ2v) is 13.3. The molecule has 0 saturated heterocycles. The molecule has 6 atom stereocenters. The number of rotatable bonds is 17. The van der Waals surface area contributed by atoms with E-state index >= 15 is 0 Å². The van der Waals surface area contributed by atoms with E-state index in [9.17, 15) is 19.8 Å². The van der Waals surface area contributed by atoms with Gasteiger partial charge in [-0.2, -0.15) is 0 Å². The number of nitrogens with zero attached hydrogens (tertiary/aromatic N) is 2. The first-order valence-corrected chi connectivity index (χ1v) is 17.8. The first-order valence-electron chi connectivity index (χ1n) is 17.8. The van der Waals surface area contributed by atoms with Gasteiger partial charge >= 0.3 is 6.09 Å². The van der Waals surface area contributed by atoms with Crippen molar-refractivity contribution in [3.63, 3.8) is 0 Å². The van der Waals surface area contributed by atoms with E-state index in [4.69, 9.17) is 19.0 Å². The molecular formula is C37H53N3O8. The summed E-state index contributed by atoms with van der Waals surface area (Å²) in [5.41, 5.74) is 2.65. The van der Waals surface area contributed by atoms with Crippen LogP contribution in [0.5, 0.6) is 11.5 Å². The zero-order chi connectivity index (χ0) is 34.3. The molecule has 0 bridgehead atoms. The van der Waals surface area contributed by atoms with Crippen LogP contribution in [-0.4, -0.2) is 84.7 Å². The number of hydrogen-bond acceptors (Lipinski definition) is 9. The van der Waals surface area contributed by atoms with Crippen molar-refractivity contribution in [1.29, 1.82) is 0 Å². The largest absolute Gasteiger partial charge is 0.459 e. The maximum absolute atomic E-state index is 13.8. The quantitative estimate of drug-likeness (QED) is 0.115. The van der Waals surface area contributed by atoms with E-state index in [2.05, 4.69) is 23.1 Å². The molecule has 11 heteroatoms. The maximum atomic E-state index is 13.8. The summed E-state index contributed by atoms with van der Waals surface area (Å²) in [5, 5.41) is 26.8. The number of aliphatic hydroxyl groups excluding tert-OH is 2. The van der Waals surface area contributed by atoms with Crippen LogP contribution in [-0.2, 0) is 14.4 Å². The minimum absolute atomic E-state index is 0.00943. The van der Waals surface area contributed by atoms with E-state index in [0.717, 1.165) is 55.4 Å². The van der Waals surface area contributed by atoms with Crippen LogP contribution in [0.2, 0.25) is 0 Å².